The molecular formula is C22H14N2O2S2. The van der Waals surface area contributed by atoms with Gasteiger partial charge in [0.25, 0.3) is 5.69 Å². The van der Waals surface area contributed by atoms with Gasteiger partial charge in [-0.15, -0.1) is 25.3 Å². The second-order valence-corrected chi connectivity index (χ2v) is 6.84. The van der Waals surface area contributed by atoms with Crippen molar-refractivity contribution in [3.63, 3.8) is 0 Å². The molecule has 0 unspecified atom stereocenters. The summed E-state index contributed by atoms with van der Waals surface area (Å²) in [5.74, 6) is 11.6. The summed E-state index contributed by atoms with van der Waals surface area (Å²) >= 11 is 8.44. The van der Waals surface area contributed by atoms with E-state index in [9.17, 15) is 10.1 Å². The molecule has 3 rings (SSSR count). The number of anilines is 1. The highest BCUT2D eigenvalue weighted by Gasteiger charge is 2.15. The minimum absolute atomic E-state index is 0.137. The predicted octanol–water partition coefficient (Wildman–Crippen LogP) is 4.55. The average Bonchev–Trinajstić information content (AvgIpc) is 2.67. The van der Waals surface area contributed by atoms with Crippen molar-refractivity contribution < 1.29 is 4.92 Å². The Morgan fingerprint density at radius 1 is 0.750 bits per heavy atom. The number of hydrogen-bond donors (Lipinski definition) is 3. The molecule has 0 fully saturated rings. The predicted molar refractivity (Wildman–Crippen MR) is 117 cm³/mol. The number of thiol groups is 2. The third kappa shape index (κ3) is 4.89. The molecule has 0 spiro atoms. The van der Waals surface area contributed by atoms with Gasteiger partial charge in [0.15, 0.2) is 0 Å². The van der Waals surface area contributed by atoms with Crippen LogP contribution in [-0.2, 0) is 0 Å². The van der Waals surface area contributed by atoms with Gasteiger partial charge in [-0.1, -0.05) is 23.7 Å². The monoisotopic (exact) mass is 402 g/mol. The first-order valence-corrected chi connectivity index (χ1v) is 9.02. The molecule has 3 aromatic rings. The summed E-state index contributed by atoms with van der Waals surface area (Å²) in [5, 5.41) is 11.5. The molecule has 3 aromatic carbocycles. The average molecular weight is 403 g/mol. The number of nitro groups is 1. The van der Waals surface area contributed by atoms with Crippen molar-refractivity contribution in [2.24, 2.45) is 0 Å². The van der Waals surface area contributed by atoms with Crippen LogP contribution in [0.4, 0.5) is 11.4 Å². The Balaban J connectivity index is 1.98. The Labute approximate surface area is 173 Å². The van der Waals surface area contributed by atoms with Crippen molar-refractivity contribution in [2.75, 3.05) is 5.73 Å². The van der Waals surface area contributed by atoms with E-state index in [1.807, 2.05) is 24.3 Å². The Morgan fingerprint density at radius 2 is 1.21 bits per heavy atom. The van der Waals surface area contributed by atoms with E-state index in [0.717, 1.165) is 20.9 Å². The van der Waals surface area contributed by atoms with Gasteiger partial charge in [0.1, 0.15) is 5.56 Å². The van der Waals surface area contributed by atoms with Gasteiger partial charge >= 0.3 is 0 Å². The van der Waals surface area contributed by atoms with Crippen LogP contribution >= 0.6 is 25.3 Å². The largest absolute Gasteiger partial charge is 0.398 e. The number of nitro benzene ring substituents is 1. The van der Waals surface area contributed by atoms with Crippen LogP contribution in [-0.4, -0.2) is 4.92 Å². The Morgan fingerprint density at radius 3 is 1.68 bits per heavy atom. The normalized spacial score (nSPS) is 9.64. The lowest BCUT2D eigenvalue weighted by Gasteiger charge is -2.02. The van der Waals surface area contributed by atoms with Gasteiger partial charge in [-0.05, 0) is 54.6 Å². The first-order chi connectivity index (χ1) is 13.4. The minimum atomic E-state index is -0.485. The summed E-state index contributed by atoms with van der Waals surface area (Å²) < 4.78 is 0. The zero-order valence-corrected chi connectivity index (χ0v) is 16.3. The first kappa shape index (κ1) is 19.4. The number of nitrogens with two attached hydrogens (primary N) is 1. The molecule has 28 heavy (non-hydrogen) atoms. The molecule has 0 aliphatic carbocycles. The lowest BCUT2D eigenvalue weighted by molar-refractivity contribution is -0.385. The molecule has 136 valence electrons. The number of benzene rings is 3. The lowest BCUT2D eigenvalue weighted by Crippen LogP contribution is -1.98. The van der Waals surface area contributed by atoms with E-state index >= 15 is 0 Å². The van der Waals surface area contributed by atoms with Crippen LogP contribution in [0.2, 0.25) is 0 Å². The van der Waals surface area contributed by atoms with Gasteiger partial charge in [-0.25, -0.2) is 0 Å². The minimum Gasteiger partial charge on any atom is -0.398 e. The van der Waals surface area contributed by atoms with Gasteiger partial charge in [0.2, 0.25) is 0 Å². The van der Waals surface area contributed by atoms with E-state index < -0.39 is 4.92 Å². The Bertz CT molecular complexity index is 1160. The third-order valence-corrected chi connectivity index (χ3v) is 4.38. The molecule has 0 aliphatic heterocycles. The molecule has 0 aliphatic rings. The second kappa shape index (κ2) is 8.58. The second-order valence-electron chi connectivity index (χ2n) is 5.81. The smallest absolute Gasteiger partial charge is 0.286 e. The van der Waals surface area contributed by atoms with E-state index in [1.54, 1.807) is 24.3 Å². The number of nitrogen functional groups attached to an aromatic ring is 1. The number of hydrogen-bond acceptors (Lipinski definition) is 5. The zero-order valence-electron chi connectivity index (χ0n) is 14.5. The van der Waals surface area contributed by atoms with E-state index in [1.165, 1.54) is 12.1 Å². The summed E-state index contributed by atoms with van der Waals surface area (Å²) in [6, 6.07) is 17.3. The first-order valence-electron chi connectivity index (χ1n) is 8.12. The van der Waals surface area contributed by atoms with Crippen LogP contribution in [0.3, 0.4) is 0 Å². The van der Waals surface area contributed by atoms with Crippen LogP contribution in [0.25, 0.3) is 0 Å². The van der Waals surface area contributed by atoms with Crippen molar-refractivity contribution in [2.45, 2.75) is 9.79 Å². The fourth-order valence-electron chi connectivity index (χ4n) is 2.33. The lowest BCUT2D eigenvalue weighted by atomic mass is 10.1. The van der Waals surface area contributed by atoms with Gasteiger partial charge in [-0.3, -0.25) is 10.1 Å². The van der Waals surface area contributed by atoms with Gasteiger partial charge in [-0.2, -0.15) is 0 Å². The van der Waals surface area contributed by atoms with Gasteiger partial charge in [0.05, 0.1) is 10.5 Å². The highest BCUT2D eigenvalue weighted by Crippen LogP contribution is 2.24. The molecule has 0 saturated carbocycles. The molecule has 0 radical (unpaired) electrons. The summed E-state index contributed by atoms with van der Waals surface area (Å²) in [4.78, 5) is 12.6. The summed E-state index contributed by atoms with van der Waals surface area (Å²) in [7, 11) is 0. The molecule has 0 heterocycles. The van der Waals surface area contributed by atoms with Crippen molar-refractivity contribution in [3.05, 3.63) is 93.0 Å². The van der Waals surface area contributed by atoms with Crippen molar-refractivity contribution >= 4 is 36.6 Å². The fraction of sp³-hybridized carbons (Fsp3) is 0. The molecule has 2 N–H and O–H groups in total. The summed E-state index contributed by atoms with van der Waals surface area (Å²) in [5.41, 5.74) is 8.35. The maximum atomic E-state index is 11.5. The summed E-state index contributed by atoms with van der Waals surface area (Å²) in [6.07, 6.45) is 0. The van der Waals surface area contributed by atoms with E-state index in [4.69, 9.17) is 5.73 Å². The van der Waals surface area contributed by atoms with E-state index in [-0.39, 0.29) is 11.3 Å². The van der Waals surface area contributed by atoms with E-state index in [2.05, 4.69) is 48.9 Å². The molecule has 0 bridgehead atoms. The Hall–Kier alpha value is -3.32. The molecule has 0 amide bonds. The molecule has 0 atom stereocenters. The van der Waals surface area contributed by atoms with Crippen molar-refractivity contribution in [3.8, 4) is 23.7 Å². The van der Waals surface area contributed by atoms with E-state index in [0.29, 0.717) is 11.3 Å². The van der Waals surface area contributed by atoms with Crippen LogP contribution in [0.1, 0.15) is 22.3 Å². The number of nitrogens with zero attached hydrogens (tertiary/aromatic N) is 1. The van der Waals surface area contributed by atoms with Gasteiger partial charge < -0.3 is 5.73 Å². The van der Waals surface area contributed by atoms with Crippen LogP contribution < -0.4 is 5.73 Å². The molecule has 0 saturated heterocycles. The maximum Gasteiger partial charge on any atom is 0.286 e. The summed E-state index contributed by atoms with van der Waals surface area (Å²) in [6.45, 7) is 0. The SMILES string of the molecule is Nc1cc(C#Cc2ccc(S)cc2)c([N+](=O)[O-])cc1C#Cc1ccc(S)cc1. The fourth-order valence-corrected chi connectivity index (χ4v) is 2.63. The zero-order chi connectivity index (χ0) is 20.1. The van der Waals surface area contributed by atoms with Crippen LogP contribution in [0.15, 0.2) is 70.5 Å². The maximum absolute atomic E-state index is 11.5. The highest BCUT2D eigenvalue weighted by atomic mass is 32.1. The Kier molecular flexibility index (Phi) is 5.96. The highest BCUT2D eigenvalue weighted by molar-refractivity contribution is 7.80. The van der Waals surface area contributed by atoms with Crippen LogP contribution in [0, 0.1) is 33.8 Å². The van der Waals surface area contributed by atoms with Crippen molar-refractivity contribution in [1.82, 2.24) is 0 Å². The van der Waals surface area contributed by atoms with Gasteiger partial charge in [0, 0.05) is 32.7 Å². The van der Waals surface area contributed by atoms with Crippen LogP contribution in [0.5, 0.6) is 0 Å². The van der Waals surface area contributed by atoms with Crippen molar-refractivity contribution in [1.29, 1.82) is 0 Å². The number of rotatable bonds is 1. The quantitative estimate of drug-likeness (QED) is 0.184. The standard InChI is InChI=1S/C22H14N2O2S2/c23-21-13-18(8-2-16-5-11-20(28)12-6-16)22(24(25)26)14-17(21)7-1-15-3-9-19(27)10-4-15/h3-6,9-14,27-28H,23H2. The molecular weight excluding hydrogens is 388 g/mol. The molecule has 0 aromatic heterocycles. The topological polar surface area (TPSA) is 69.2 Å². The third-order valence-electron chi connectivity index (χ3n) is 3.78. The molecule has 6 heteroatoms. The molecule has 4 nitrogen and oxygen atoms in total.